The van der Waals surface area contributed by atoms with E-state index in [1.807, 2.05) is 35.2 Å². The van der Waals surface area contributed by atoms with Gasteiger partial charge in [-0.05, 0) is 12.0 Å². The van der Waals surface area contributed by atoms with Crippen LogP contribution in [0.3, 0.4) is 0 Å². The molecule has 1 aliphatic rings. The molecule has 1 aromatic carbocycles. The summed E-state index contributed by atoms with van der Waals surface area (Å²) in [7, 11) is 0. The number of hydrogen-bond acceptors (Lipinski definition) is 4. The van der Waals surface area contributed by atoms with Gasteiger partial charge in [0.2, 0.25) is 0 Å². The molecule has 0 unspecified atom stereocenters. The smallest absolute Gasteiger partial charge is 0.378 e. The lowest BCUT2D eigenvalue weighted by atomic mass is 9.98. The fourth-order valence-electron chi connectivity index (χ4n) is 2.81. The van der Waals surface area contributed by atoms with Gasteiger partial charge in [-0.25, -0.2) is 0 Å². The number of halogens is 3. The van der Waals surface area contributed by atoms with Crippen molar-refractivity contribution in [3.63, 3.8) is 0 Å². The van der Waals surface area contributed by atoms with Crippen molar-refractivity contribution in [3.8, 4) is 11.1 Å². The van der Waals surface area contributed by atoms with Gasteiger partial charge >= 0.3 is 6.18 Å². The molecule has 24 heavy (non-hydrogen) atoms. The number of benzene rings is 1. The van der Waals surface area contributed by atoms with Crippen LogP contribution in [-0.2, 0) is 11.2 Å². The molecule has 7 heteroatoms. The molecule has 0 bridgehead atoms. The molecule has 2 aromatic rings. The number of hydrogen-bond donors (Lipinski definition) is 0. The largest absolute Gasteiger partial charge is 0.389 e. The zero-order valence-electron chi connectivity index (χ0n) is 13.1. The molecule has 2 heterocycles. The maximum Gasteiger partial charge on any atom is 0.389 e. The quantitative estimate of drug-likeness (QED) is 0.856. The lowest BCUT2D eigenvalue weighted by Crippen LogP contribution is -2.37. The Hall–Kier alpha value is -2.15. The molecular formula is C17H18F3N3O. The molecule has 0 spiro atoms. The third kappa shape index (κ3) is 4.03. The first kappa shape index (κ1) is 16.7. The summed E-state index contributed by atoms with van der Waals surface area (Å²) in [5.41, 5.74) is 2.14. The van der Waals surface area contributed by atoms with Gasteiger partial charge in [0, 0.05) is 30.6 Å². The van der Waals surface area contributed by atoms with Crippen molar-refractivity contribution in [2.45, 2.75) is 19.0 Å². The minimum atomic E-state index is -4.21. The van der Waals surface area contributed by atoms with Crippen LogP contribution in [0.25, 0.3) is 11.1 Å². The second kappa shape index (κ2) is 7.17. The lowest BCUT2D eigenvalue weighted by molar-refractivity contribution is -0.133. The van der Waals surface area contributed by atoms with E-state index in [1.54, 1.807) is 6.20 Å². The molecule has 0 saturated carbocycles. The fourth-order valence-corrected chi connectivity index (χ4v) is 2.81. The van der Waals surface area contributed by atoms with Gasteiger partial charge in [-0.1, -0.05) is 30.3 Å². The number of alkyl halides is 3. The molecule has 3 rings (SSSR count). The lowest BCUT2D eigenvalue weighted by Gasteiger charge is -2.29. The van der Waals surface area contributed by atoms with E-state index in [-0.39, 0.29) is 6.42 Å². The normalized spacial score (nSPS) is 15.5. The first-order chi connectivity index (χ1) is 11.5. The Morgan fingerprint density at radius 3 is 2.46 bits per heavy atom. The number of anilines is 1. The minimum absolute atomic E-state index is 0.115. The van der Waals surface area contributed by atoms with Gasteiger partial charge in [0.25, 0.3) is 0 Å². The molecule has 1 aliphatic heterocycles. The SMILES string of the molecule is FC(F)(F)CCc1c(-c2ccccc2)cnnc1N1CCOCC1. The van der Waals surface area contributed by atoms with Gasteiger partial charge in [0.1, 0.15) is 0 Å². The average Bonchev–Trinajstić information content (AvgIpc) is 2.60. The van der Waals surface area contributed by atoms with Crippen molar-refractivity contribution in [1.82, 2.24) is 10.2 Å². The van der Waals surface area contributed by atoms with Crippen molar-refractivity contribution < 1.29 is 17.9 Å². The summed E-state index contributed by atoms with van der Waals surface area (Å²) in [6.45, 7) is 2.28. The zero-order chi connectivity index (χ0) is 17.0. The van der Waals surface area contributed by atoms with Crippen LogP contribution in [0.5, 0.6) is 0 Å². The van der Waals surface area contributed by atoms with Crippen LogP contribution in [0.4, 0.5) is 19.0 Å². The summed E-state index contributed by atoms with van der Waals surface area (Å²) in [4.78, 5) is 1.95. The Bertz CT molecular complexity index is 671. The Labute approximate surface area is 138 Å². The number of aromatic nitrogens is 2. The molecule has 128 valence electrons. The topological polar surface area (TPSA) is 38.2 Å². The van der Waals surface area contributed by atoms with E-state index in [9.17, 15) is 13.2 Å². The Morgan fingerprint density at radius 1 is 1.08 bits per heavy atom. The molecule has 1 saturated heterocycles. The van der Waals surface area contributed by atoms with E-state index in [4.69, 9.17) is 4.74 Å². The Balaban J connectivity index is 2.01. The first-order valence-electron chi connectivity index (χ1n) is 7.84. The molecule has 0 aliphatic carbocycles. The molecule has 0 atom stereocenters. The van der Waals surface area contributed by atoms with Crippen molar-refractivity contribution in [2.75, 3.05) is 31.2 Å². The number of nitrogens with zero attached hydrogens (tertiary/aromatic N) is 3. The van der Waals surface area contributed by atoms with E-state index < -0.39 is 12.6 Å². The minimum Gasteiger partial charge on any atom is -0.378 e. The van der Waals surface area contributed by atoms with E-state index in [0.29, 0.717) is 43.2 Å². The maximum atomic E-state index is 12.8. The molecule has 1 fully saturated rings. The summed E-state index contributed by atoms with van der Waals surface area (Å²) in [5, 5.41) is 8.17. The van der Waals surface area contributed by atoms with E-state index >= 15 is 0 Å². The van der Waals surface area contributed by atoms with Crippen LogP contribution in [0, 0.1) is 0 Å². The summed E-state index contributed by atoms with van der Waals surface area (Å²) in [6, 6.07) is 9.33. The highest BCUT2D eigenvalue weighted by Gasteiger charge is 2.29. The van der Waals surface area contributed by atoms with E-state index in [1.165, 1.54) is 0 Å². The number of rotatable bonds is 4. The van der Waals surface area contributed by atoms with Gasteiger partial charge in [0.05, 0.1) is 19.4 Å². The van der Waals surface area contributed by atoms with Crippen molar-refractivity contribution in [1.29, 1.82) is 0 Å². The van der Waals surface area contributed by atoms with Gasteiger partial charge in [0.15, 0.2) is 5.82 Å². The second-order valence-corrected chi connectivity index (χ2v) is 5.64. The van der Waals surface area contributed by atoms with Crippen LogP contribution in [0.15, 0.2) is 36.5 Å². The molecule has 1 aromatic heterocycles. The maximum absolute atomic E-state index is 12.8. The monoisotopic (exact) mass is 337 g/mol. The average molecular weight is 337 g/mol. The number of ether oxygens (including phenoxy) is 1. The highest BCUT2D eigenvalue weighted by molar-refractivity contribution is 5.71. The first-order valence-corrected chi connectivity index (χ1v) is 7.84. The molecule has 0 radical (unpaired) electrons. The third-order valence-corrected chi connectivity index (χ3v) is 3.99. The van der Waals surface area contributed by atoms with Gasteiger partial charge in [-0.15, -0.1) is 5.10 Å². The van der Waals surface area contributed by atoms with Gasteiger partial charge in [-0.3, -0.25) is 0 Å². The highest BCUT2D eigenvalue weighted by atomic mass is 19.4. The number of morpholine rings is 1. The second-order valence-electron chi connectivity index (χ2n) is 5.64. The standard InChI is InChI=1S/C17H18F3N3O/c18-17(19,20)7-6-14-15(13-4-2-1-3-5-13)12-21-22-16(14)23-8-10-24-11-9-23/h1-5,12H,6-11H2. The predicted octanol–water partition coefficient (Wildman–Crippen LogP) is 3.48. The third-order valence-electron chi connectivity index (χ3n) is 3.99. The fraction of sp³-hybridized carbons (Fsp3) is 0.412. The van der Waals surface area contributed by atoms with Gasteiger partial charge in [-0.2, -0.15) is 18.3 Å². The van der Waals surface area contributed by atoms with Crippen LogP contribution >= 0.6 is 0 Å². The molecule has 0 amide bonds. The Kier molecular flexibility index (Phi) is 4.99. The molecular weight excluding hydrogens is 319 g/mol. The van der Waals surface area contributed by atoms with Crippen LogP contribution in [0.2, 0.25) is 0 Å². The predicted molar refractivity (Wildman–Crippen MR) is 84.9 cm³/mol. The van der Waals surface area contributed by atoms with Crippen molar-refractivity contribution in [2.24, 2.45) is 0 Å². The van der Waals surface area contributed by atoms with E-state index in [0.717, 1.165) is 5.56 Å². The molecule has 0 N–H and O–H groups in total. The van der Waals surface area contributed by atoms with Crippen molar-refractivity contribution >= 4 is 5.82 Å². The summed E-state index contributed by atoms with van der Waals surface area (Å²) in [5.74, 6) is 0.531. The van der Waals surface area contributed by atoms with Crippen LogP contribution in [-0.4, -0.2) is 42.7 Å². The Morgan fingerprint density at radius 2 is 1.79 bits per heavy atom. The van der Waals surface area contributed by atoms with Crippen molar-refractivity contribution in [3.05, 3.63) is 42.1 Å². The van der Waals surface area contributed by atoms with Crippen LogP contribution < -0.4 is 4.90 Å². The highest BCUT2D eigenvalue weighted by Crippen LogP contribution is 2.33. The van der Waals surface area contributed by atoms with E-state index in [2.05, 4.69) is 10.2 Å². The van der Waals surface area contributed by atoms with Gasteiger partial charge < -0.3 is 9.64 Å². The summed E-state index contributed by atoms with van der Waals surface area (Å²) in [6.07, 6.45) is -3.66. The summed E-state index contributed by atoms with van der Waals surface area (Å²) >= 11 is 0. The summed E-state index contributed by atoms with van der Waals surface area (Å²) < 4.78 is 43.7. The molecule has 4 nitrogen and oxygen atoms in total. The van der Waals surface area contributed by atoms with Crippen LogP contribution in [0.1, 0.15) is 12.0 Å². The zero-order valence-corrected chi connectivity index (χ0v) is 13.1.